The summed E-state index contributed by atoms with van der Waals surface area (Å²) in [7, 11) is 3.47. The smallest absolute Gasteiger partial charge is 0.406 e. The number of nitrogen functional groups attached to an aromatic ring is 1. The van der Waals surface area contributed by atoms with Gasteiger partial charge in [0.05, 0.1) is 61.7 Å². The van der Waals surface area contributed by atoms with Gasteiger partial charge in [-0.2, -0.15) is 13.2 Å². The number of hydrogen-bond donors (Lipinski definition) is 5. The van der Waals surface area contributed by atoms with Crippen molar-refractivity contribution < 1.29 is 36.7 Å². The molecule has 6 N–H and O–H groups in total. The first-order valence-electron chi connectivity index (χ1n) is 19.4. The maximum Gasteiger partial charge on any atom is 0.406 e. The Balaban J connectivity index is 0.877. The van der Waals surface area contributed by atoms with Crippen LogP contribution >= 0.6 is 11.9 Å². The van der Waals surface area contributed by atoms with Gasteiger partial charge in [0.25, 0.3) is 11.5 Å². The van der Waals surface area contributed by atoms with Crippen LogP contribution in [-0.4, -0.2) is 89.7 Å². The number of methoxy groups -OCH3 is 1. The molecule has 0 saturated heterocycles. The molecule has 0 spiro atoms. The highest BCUT2D eigenvalue weighted by Crippen LogP contribution is 2.32. The number of aryl methyl sites for hydroxylation is 2. The molecule has 0 fully saturated rings. The molecule has 0 bridgehead atoms. The standard InChI is InChI=1S/C43H46F3N9O6S/c1-27-41(28(2)61-53-27)29-20-36(42(57)51-23-29)50-24-30-8-5-12-40(52-30)60-25-39(56)49-16-18-59-19-17-54(3)62-32-13-14-35(38(22-32)58-4)48-15-7-9-31-21-33-34(47)10-6-11-37(33)55(31)26-43(44,45)46/h5-6,8,10-14,20-23,48,50H,15-19,24-26,47H2,1-4H3,(H,49,56)(H,51,57). The lowest BCUT2D eigenvalue weighted by Crippen LogP contribution is -2.32. The SMILES string of the molecule is COc1cc(SN(C)CCOCCNC(=O)COc2cccc(CNc3cc(-c4c(C)noc4C)c[nH]c3=O)n2)ccc1NCC#Cc1cc2c(N)cccc2n1CC(F)(F)F. The number of halogens is 3. The second-order valence-corrected chi connectivity index (χ2v) is 15.2. The van der Waals surface area contributed by atoms with Crippen LogP contribution in [0.2, 0.25) is 0 Å². The van der Waals surface area contributed by atoms with Crippen molar-refractivity contribution in [2.75, 3.05) is 70.0 Å². The highest BCUT2D eigenvalue weighted by atomic mass is 32.2. The minimum absolute atomic E-state index is 0.161. The van der Waals surface area contributed by atoms with E-state index in [9.17, 15) is 22.8 Å². The van der Waals surface area contributed by atoms with Crippen LogP contribution in [0.3, 0.4) is 0 Å². The molecule has 0 unspecified atom stereocenters. The van der Waals surface area contributed by atoms with Crippen molar-refractivity contribution in [2.24, 2.45) is 0 Å². The van der Waals surface area contributed by atoms with Gasteiger partial charge in [0, 0.05) is 52.4 Å². The molecular weight excluding hydrogens is 828 g/mol. The van der Waals surface area contributed by atoms with Crippen molar-refractivity contribution in [3.8, 4) is 34.6 Å². The van der Waals surface area contributed by atoms with Crippen molar-refractivity contribution in [3.05, 3.63) is 106 Å². The summed E-state index contributed by atoms with van der Waals surface area (Å²) >= 11 is 1.49. The normalized spacial score (nSPS) is 11.4. The number of anilines is 3. The number of likely N-dealkylation sites (N-methyl/N-ethyl adjacent to an activating group) is 1. The summed E-state index contributed by atoms with van der Waals surface area (Å²) < 4.78 is 65.3. The first-order valence-corrected chi connectivity index (χ1v) is 20.1. The molecule has 0 aliphatic heterocycles. The first kappa shape index (κ1) is 44.9. The molecule has 0 aliphatic rings. The first-order chi connectivity index (χ1) is 29.8. The van der Waals surface area contributed by atoms with E-state index in [1.165, 1.54) is 11.9 Å². The predicted octanol–water partition coefficient (Wildman–Crippen LogP) is 6.38. The minimum atomic E-state index is -4.42. The average Bonchev–Trinajstić information content (AvgIpc) is 3.77. The van der Waals surface area contributed by atoms with E-state index in [0.29, 0.717) is 77.2 Å². The third kappa shape index (κ3) is 12.2. The molecule has 2 aromatic carbocycles. The van der Waals surface area contributed by atoms with Gasteiger partial charge >= 0.3 is 6.18 Å². The molecule has 6 aromatic rings. The summed E-state index contributed by atoms with van der Waals surface area (Å²) in [6, 6.07) is 19.0. The zero-order chi connectivity index (χ0) is 44.2. The predicted molar refractivity (Wildman–Crippen MR) is 232 cm³/mol. The van der Waals surface area contributed by atoms with Gasteiger partial charge in [-0.05, 0) is 87.3 Å². The molecule has 4 aromatic heterocycles. The van der Waals surface area contributed by atoms with Crippen molar-refractivity contribution in [1.82, 2.24) is 29.3 Å². The number of H-pyrrole nitrogens is 1. The van der Waals surface area contributed by atoms with Gasteiger partial charge in [0.1, 0.15) is 23.7 Å². The Hall–Kier alpha value is -6.62. The van der Waals surface area contributed by atoms with Crippen LogP contribution in [0.25, 0.3) is 22.0 Å². The lowest BCUT2D eigenvalue weighted by Gasteiger charge is -2.17. The molecular formula is C43H46F3N9O6S. The number of rotatable bonds is 19. The van der Waals surface area contributed by atoms with Crippen molar-refractivity contribution >= 4 is 45.8 Å². The summed E-state index contributed by atoms with van der Waals surface area (Å²) in [4.78, 5) is 33.0. The molecule has 326 valence electrons. The topological polar surface area (TPSA) is 187 Å². The molecule has 15 nitrogen and oxygen atoms in total. The number of nitrogens with two attached hydrogens (primary N) is 1. The maximum absolute atomic E-state index is 13.4. The zero-order valence-corrected chi connectivity index (χ0v) is 35.3. The maximum atomic E-state index is 13.4. The fourth-order valence-electron chi connectivity index (χ4n) is 6.36. The lowest BCUT2D eigenvalue weighted by atomic mass is 10.1. The van der Waals surface area contributed by atoms with E-state index < -0.39 is 12.7 Å². The Bertz CT molecular complexity index is 2600. The van der Waals surface area contributed by atoms with E-state index in [0.717, 1.165) is 20.6 Å². The molecule has 0 saturated carbocycles. The number of amides is 1. The van der Waals surface area contributed by atoms with Crippen LogP contribution in [0.1, 0.15) is 22.8 Å². The van der Waals surface area contributed by atoms with Crippen molar-refractivity contribution in [3.63, 3.8) is 0 Å². The Morgan fingerprint density at radius 3 is 2.66 bits per heavy atom. The van der Waals surface area contributed by atoms with Crippen LogP contribution in [-0.2, 0) is 22.6 Å². The number of aromatic amines is 1. The third-order valence-electron chi connectivity index (χ3n) is 9.27. The fourth-order valence-corrected chi connectivity index (χ4v) is 7.17. The molecule has 62 heavy (non-hydrogen) atoms. The minimum Gasteiger partial charge on any atom is -0.495 e. The fraction of sp³-hybridized carbons (Fsp3) is 0.302. The summed E-state index contributed by atoms with van der Waals surface area (Å²) in [5.41, 5.74) is 10.6. The number of nitrogens with zero attached hydrogens (tertiary/aromatic N) is 4. The highest BCUT2D eigenvalue weighted by Gasteiger charge is 2.30. The van der Waals surface area contributed by atoms with Crippen LogP contribution in [0.5, 0.6) is 11.6 Å². The molecule has 19 heteroatoms. The van der Waals surface area contributed by atoms with Crippen LogP contribution < -0.4 is 36.7 Å². The largest absolute Gasteiger partial charge is 0.495 e. The summed E-state index contributed by atoms with van der Waals surface area (Å²) in [5, 5.41) is 13.5. The van der Waals surface area contributed by atoms with E-state index in [2.05, 4.69) is 42.9 Å². The third-order valence-corrected chi connectivity index (χ3v) is 10.2. The number of pyridine rings is 2. The van der Waals surface area contributed by atoms with Gasteiger partial charge in [-0.1, -0.05) is 23.2 Å². The monoisotopic (exact) mass is 873 g/mol. The lowest BCUT2D eigenvalue weighted by molar-refractivity contribution is -0.140. The molecule has 6 rings (SSSR count). The van der Waals surface area contributed by atoms with Gasteiger partial charge in [-0.3, -0.25) is 9.59 Å². The second kappa shape index (κ2) is 20.8. The Labute approximate surface area is 359 Å². The number of carbonyl (C=O) groups is 1. The summed E-state index contributed by atoms with van der Waals surface area (Å²) in [5.74, 6) is 6.92. The number of aromatic nitrogens is 4. The van der Waals surface area contributed by atoms with Gasteiger partial charge in [0.2, 0.25) is 5.88 Å². The number of hydrogen-bond acceptors (Lipinski definition) is 13. The number of ether oxygens (including phenoxy) is 3. The number of alkyl halides is 3. The van der Waals surface area contributed by atoms with Crippen molar-refractivity contribution in [1.29, 1.82) is 0 Å². The Kier molecular flexibility index (Phi) is 15.0. The highest BCUT2D eigenvalue weighted by molar-refractivity contribution is 7.97. The Morgan fingerprint density at radius 1 is 1.06 bits per heavy atom. The summed E-state index contributed by atoms with van der Waals surface area (Å²) in [6.07, 6.45) is -2.81. The number of benzene rings is 2. The van der Waals surface area contributed by atoms with Crippen molar-refractivity contribution in [2.45, 2.75) is 38.0 Å². The molecule has 1 amide bonds. The second-order valence-electron chi connectivity index (χ2n) is 13.9. The quantitative estimate of drug-likeness (QED) is 0.0262. The van der Waals surface area contributed by atoms with Crippen LogP contribution in [0.4, 0.5) is 30.2 Å². The zero-order valence-electron chi connectivity index (χ0n) is 34.4. The van der Waals surface area contributed by atoms with Gasteiger partial charge < -0.3 is 50.0 Å². The van der Waals surface area contributed by atoms with E-state index in [1.54, 1.807) is 61.8 Å². The Morgan fingerprint density at radius 2 is 1.89 bits per heavy atom. The van der Waals surface area contributed by atoms with E-state index in [4.69, 9.17) is 24.5 Å². The summed E-state index contributed by atoms with van der Waals surface area (Å²) in [6.45, 7) is 4.23. The van der Waals surface area contributed by atoms with Gasteiger partial charge in [-0.15, -0.1) is 0 Å². The van der Waals surface area contributed by atoms with Crippen LogP contribution in [0.15, 0.2) is 87.1 Å². The number of fused-ring (bicyclic) bond motifs is 1. The van der Waals surface area contributed by atoms with Crippen LogP contribution in [0, 0.1) is 25.7 Å². The van der Waals surface area contributed by atoms with E-state index in [1.807, 2.05) is 43.4 Å². The van der Waals surface area contributed by atoms with E-state index >= 15 is 0 Å². The van der Waals surface area contributed by atoms with Gasteiger partial charge in [0.15, 0.2) is 6.61 Å². The number of carbonyl (C=O) groups excluding carboxylic acids is 1. The molecule has 0 atom stereocenters. The molecule has 4 heterocycles. The van der Waals surface area contributed by atoms with Gasteiger partial charge in [-0.25, -0.2) is 9.29 Å². The van der Waals surface area contributed by atoms with E-state index in [-0.39, 0.29) is 42.7 Å². The number of nitrogens with one attached hydrogen (secondary N) is 4. The molecule has 0 aliphatic carbocycles. The average molecular weight is 874 g/mol. The molecule has 0 radical (unpaired) electrons.